The predicted molar refractivity (Wildman–Crippen MR) is 133 cm³/mol. The van der Waals surface area contributed by atoms with Gasteiger partial charge in [0.1, 0.15) is 23.2 Å². The van der Waals surface area contributed by atoms with Crippen molar-refractivity contribution in [3.63, 3.8) is 0 Å². The van der Waals surface area contributed by atoms with E-state index in [0.29, 0.717) is 11.4 Å². The highest BCUT2D eigenvalue weighted by Crippen LogP contribution is 2.43. The molecule has 2 N–H and O–H groups in total. The zero-order valence-electron chi connectivity index (χ0n) is 20.4. The van der Waals surface area contributed by atoms with Crippen molar-refractivity contribution in [3.05, 3.63) is 77.9 Å². The van der Waals surface area contributed by atoms with E-state index in [-0.39, 0.29) is 41.2 Å². The summed E-state index contributed by atoms with van der Waals surface area (Å²) in [6.07, 6.45) is -3.97. The molecular weight excluding hydrogens is 502 g/mol. The SMILES string of the molecule is CC(O)CNCc1cc(C(F)(F)F)c2oc(-c3c(F)ccc(-c4ccccc4)c3-c3nncn3C)nc2c1. The molecule has 0 saturated carbocycles. The van der Waals surface area contributed by atoms with Gasteiger partial charge in [-0.1, -0.05) is 36.4 Å². The number of benzene rings is 3. The highest BCUT2D eigenvalue weighted by Gasteiger charge is 2.36. The van der Waals surface area contributed by atoms with E-state index in [1.54, 1.807) is 24.6 Å². The Bertz CT molecular complexity index is 1590. The van der Waals surface area contributed by atoms with Gasteiger partial charge >= 0.3 is 6.18 Å². The minimum absolute atomic E-state index is 0.0636. The third-order valence-electron chi connectivity index (χ3n) is 6.01. The number of nitrogens with one attached hydrogen (secondary N) is 1. The number of halogens is 4. The molecule has 0 radical (unpaired) electrons. The summed E-state index contributed by atoms with van der Waals surface area (Å²) in [5, 5.41) is 20.4. The number of alkyl halides is 3. The highest BCUT2D eigenvalue weighted by molar-refractivity contribution is 5.92. The van der Waals surface area contributed by atoms with E-state index in [1.165, 1.54) is 18.5 Å². The molecule has 1 atom stereocenters. The van der Waals surface area contributed by atoms with E-state index >= 15 is 4.39 Å². The van der Waals surface area contributed by atoms with Crippen LogP contribution in [-0.2, 0) is 19.8 Å². The van der Waals surface area contributed by atoms with Crippen molar-refractivity contribution in [1.29, 1.82) is 0 Å². The highest BCUT2D eigenvalue weighted by atomic mass is 19.4. The predicted octanol–water partition coefficient (Wildman–Crippen LogP) is 5.59. The standard InChI is InChI=1S/C27H23F4N5O2/c1-15(37)12-32-13-16-10-19(27(29,30)31)24-21(11-16)34-26(38-24)23-20(28)9-8-18(17-6-4-3-5-7-17)22(23)25-35-33-14-36(25)2/h3-11,14-15,32,37H,12-13H2,1-2H3. The van der Waals surface area contributed by atoms with Gasteiger partial charge in [-0.3, -0.25) is 0 Å². The molecule has 5 aromatic rings. The van der Waals surface area contributed by atoms with Gasteiger partial charge in [-0.25, -0.2) is 9.37 Å². The van der Waals surface area contributed by atoms with E-state index in [9.17, 15) is 18.3 Å². The first kappa shape index (κ1) is 25.6. The second-order valence-electron chi connectivity index (χ2n) is 8.96. The van der Waals surface area contributed by atoms with Gasteiger partial charge in [0.15, 0.2) is 11.4 Å². The molecule has 7 nitrogen and oxygen atoms in total. The molecule has 0 spiro atoms. The van der Waals surface area contributed by atoms with Gasteiger partial charge < -0.3 is 19.4 Å². The quantitative estimate of drug-likeness (QED) is 0.270. The Balaban J connectivity index is 1.74. The van der Waals surface area contributed by atoms with Crippen LogP contribution in [0.2, 0.25) is 0 Å². The Kier molecular flexibility index (Phi) is 6.72. The normalized spacial score (nSPS) is 12.8. The van der Waals surface area contributed by atoms with Crippen molar-refractivity contribution in [2.75, 3.05) is 6.54 Å². The minimum atomic E-state index is -4.74. The van der Waals surface area contributed by atoms with Gasteiger partial charge in [-0.15, -0.1) is 10.2 Å². The van der Waals surface area contributed by atoms with Crippen LogP contribution in [0.4, 0.5) is 17.6 Å². The number of aliphatic hydroxyl groups is 1. The average Bonchev–Trinajstić information content (AvgIpc) is 3.48. The van der Waals surface area contributed by atoms with Crippen molar-refractivity contribution >= 4 is 11.1 Å². The van der Waals surface area contributed by atoms with Gasteiger partial charge in [0, 0.05) is 25.7 Å². The zero-order valence-corrected chi connectivity index (χ0v) is 20.4. The number of aromatic nitrogens is 4. The number of hydrogen-bond acceptors (Lipinski definition) is 6. The van der Waals surface area contributed by atoms with Crippen molar-refractivity contribution in [2.24, 2.45) is 7.05 Å². The van der Waals surface area contributed by atoms with Crippen LogP contribution >= 0.6 is 0 Å². The first-order valence-corrected chi connectivity index (χ1v) is 11.8. The number of nitrogens with zero attached hydrogens (tertiary/aromatic N) is 4. The molecule has 0 aliphatic heterocycles. The Labute approximate surface area is 214 Å². The second-order valence-corrected chi connectivity index (χ2v) is 8.96. The molecule has 0 bridgehead atoms. The number of oxazole rings is 1. The number of fused-ring (bicyclic) bond motifs is 1. The van der Waals surface area contributed by atoms with Gasteiger partial charge in [-0.2, -0.15) is 13.2 Å². The first-order valence-electron chi connectivity index (χ1n) is 11.8. The molecule has 2 heterocycles. The third kappa shape index (κ3) is 4.90. The number of aliphatic hydroxyl groups excluding tert-OH is 1. The monoisotopic (exact) mass is 525 g/mol. The third-order valence-corrected chi connectivity index (χ3v) is 6.01. The Morgan fingerprint density at radius 1 is 1.08 bits per heavy atom. The fraction of sp³-hybridized carbons (Fsp3) is 0.222. The Morgan fingerprint density at radius 3 is 2.50 bits per heavy atom. The summed E-state index contributed by atoms with van der Waals surface area (Å²) in [5.41, 5.74) is 0.178. The number of aryl methyl sites for hydroxylation is 1. The van der Waals surface area contributed by atoms with Crippen LogP contribution in [0.15, 0.2) is 65.3 Å². The molecule has 38 heavy (non-hydrogen) atoms. The summed E-state index contributed by atoms with van der Waals surface area (Å²) in [7, 11) is 1.68. The van der Waals surface area contributed by atoms with Crippen LogP contribution in [0.3, 0.4) is 0 Å². The molecule has 2 aromatic heterocycles. The molecule has 0 fully saturated rings. The summed E-state index contributed by atoms with van der Waals surface area (Å²) in [4.78, 5) is 4.32. The summed E-state index contributed by atoms with van der Waals surface area (Å²) < 4.78 is 64.9. The van der Waals surface area contributed by atoms with Crippen LogP contribution in [0.1, 0.15) is 18.1 Å². The van der Waals surface area contributed by atoms with Gasteiger partial charge in [0.25, 0.3) is 0 Å². The lowest BCUT2D eigenvalue weighted by atomic mass is 9.94. The smallest absolute Gasteiger partial charge is 0.420 e. The average molecular weight is 526 g/mol. The molecule has 11 heteroatoms. The summed E-state index contributed by atoms with van der Waals surface area (Å²) in [6, 6.07) is 14.4. The van der Waals surface area contributed by atoms with E-state index in [4.69, 9.17) is 4.42 Å². The molecule has 5 rings (SSSR count). The van der Waals surface area contributed by atoms with Gasteiger partial charge in [0.2, 0.25) is 5.89 Å². The maximum atomic E-state index is 15.5. The van der Waals surface area contributed by atoms with Crippen LogP contribution in [0, 0.1) is 5.82 Å². The fourth-order valence-electron chi connectivity index (χ4n) is 4.32. The number of rotatable bonds is 7. The van der Waals surface area contributed by atoms with E-state index in [2.05, 4.69) is 20.5 Å². The lowest BCUT2D eigenvalue weighted by Crippen LogP contribution is -2.24. The van der Waals surface area contributed by atoms with Crippen molar-refractivity contribution in [3.8, 4) is 34.0 Å². The summed E-state index contributed by atoms with van der Waals surface area (Å²) in [6.45, 7) is 1.82. The Hall–Kier alpha value is -4.09. The lowest BCUT2D eigenvalue weighted by molar-refractivity contribution is -0.136. The van der Waals surface area contributed by atoms with E-state index in [0.717, 1.165) is 11.6 Å². The van der Waals surface area contributed by atoms with Gasteiger partial charge in [0.05, 0.1) is 11.7 Å². The molecule has 0 amide bonds. The van der Waals surface area contributed by atoms with Crippen LogP contribution in [-0.4, -0.2) is 37.5 Å². The van der Waals surface area contributed by atoms with Crippen molar-refractivity contribution in [2.45, 2.75) is 25.7 Å². The van der Waals surface area contributed by atoms with Crippen LogP contribution in [0.25, 0.3) is 45.1 Å². The van der Waals surface area contributed by atoms with Crippen LogP contribution < -0.4 is 5.32 Å². The van der Waals surface area contributed by atoms with Crippen molar-refractivity contribution in [1.82, 2.24) is 25.1 Å². The second kappa shape index (κ2) is 9.99. The molecule has 0 aliphatic rings. The largest absolute Gasteiger partial charge is 0.435 e. The lowest BCUT2D eigenvalue weighted by Gasteiger charge is -2.14. The zero-order chi connectivity index (χ0) is 27.0. The van der Waals surface area contributed by atoms with E-state index in [1.807, 2.05) is 30.3 Å². The molecule has 3 aromatic carbocycles. The van der Waals surface area contributed by atoms with E-state index < -0.39 is 29.2 Å². The number of hydrogen-bond donors (Lipinski definition) is 2. The maximum absolute atomic E-state index is 15.5. The molecule has 0 aliphatic carbocycles. The molecule has 196 valence electrons. The summed E-state index contributed by atoms with van der Waals surface area (Å²) in [5.74, 6) is -0.755. The first-order chi connectivity index (χ1) is 18.1. The Morgan fingerprint density at radius 2 is 1.84 bits per heavy atom. The summed E-state index contributed by atoms with van der Waals surface area (Å²) >= 11 is 0. The molecular formula is C27H23F4N5O2. The maximum Gasteiger partial charge on any atom is 0.420 e. The van der Waals surface area contributed by atoms with Gasteiger partial charge in [-0.05, 0) is 41.8 Å². The van der Waals surface area contributed by atoms with Crippen LogP contribution in [0.5, 0.6) is 0 Å². The van der Waals surface area contributed by atoms with Crippen molar-refractivity contribution < 1.29 is 27.1 Å². The molecule has 1 unspecified atom stereocenters. The fourth-order valence-corrected chi connectivity index (χ4v) is 4.32. The topological polar surface area (TPSA) is 89.0 Å². The molecule has 0 saturated heterocycles. The minimum Gasteiger partial charge on any atom is -0.435 e.